The second-order valence-corrected chi connectivity index (χ2v) is 6.28. The number of aromatic carboxylic acids is 1. The highest BCUT2D eigenvalue weighted by atomic mass is 16.4. The van der Waals surface area contributed by atoms with Crippen LogP contribution in [0.4, 0.5) is 5.82 Å². The van der Waals surface area contributed by atoms with Crippen molar-refractivity contribution in [2.24, 2.45) is 0 Å². The maximum Gasteiger partial charge on any atom is 0.341 e. The fourth-order valence-corrected chi connectivity index (χ4v) is 2.14. The van der Waals surface area contributed by atoms with Gasteiger partial charge in [-0.3, -0.25) is 0 Å². The minimum Gasteiger partial charge on any atom is -0.477 e. The van der Waals surface area contributed by atoms with Gasteiger partial charge in [-0.05, 0) is 7.05 Å². The molecule has 0 unspecified atom stereocenters. The zero-order valence-corrected chi connectivity index (χ0v) is 12.6. The number of hydrogen-bond acceptors (Lipinski definition) is 5. The van der Waals surface area contributed by atoms with Gasteiger partial charge < -0.3 is 14.9 Å². The van der Waals surface area contributed by atoms with Crippen LogP contribution in [0.3, 0.4) is 0 Å². The third kappa shape index (κ3) is 3.07. The van der Waals surface area contributed by atoms with E-state index in [4.69, 9.17) is 0 Å². The molecule has 0 spiro atoms. The highest BCUT2D eigenvalue weighted by Crippen LogP contribution is 2.24. The second kappa shape index (κ2) is 5.36. The van der Waals surface area contributed by atoms with E-state index in [-0.39, 0.29) is 11.0 Å². The third-order valence-corrected chi connectivity index (χ3v) is 3.47. The molecule has 1 aliphatic heterocycles. The summed E-state index contributed by atoms with van der Waals surface area (Å²) in [5, 5.41) is 9.32. The smallest absolute Gasteiger partial charge is 0.341 e. The molecule has 0 aromatic carbocycles. The number of rotatable bonds is 2. The van der Waals surface area contributed by atoms with Crippen molar-refractivity contribution in [1.82, 2.24) is 14.9 Å². The average molecular weight is 278 g/mol. The summed E-state index contributed by atoms with van der Waals surface area (Å²) in [6, 6.07) is 0. The lowest BCUT2D eigenvalue weighted by Crippen LogP contribution is -2.45. The normalized spacial score (nSPS) is 17.3. The number of likely N-dealkylation sites (N-methyl/N-ethyl adjacent to an activating group) is 1. The Balaban J connectivity index is 2.39. The lowest BCUT2D eigenvalue weighted by atomic mass is 9.95. The average Bonchev–Trinajstić information content (AvgIpc) is 2.37. The van der Waals surface area contributed by atoms with Crippen LogP contribution < -0.4 is 4.90 Å². The van der Waals surface area contributed by atoms with E-state index >= 15 is 0 Å². The highest BCUT2D eigenvalue weighted by Gasteiger charge is 2.25. The van der Waals surface area contributed by atoms with Crippen molar-refractivity contribution in [3.63, 3.8) is 0 Å². The van der Waals surface area contributed by atoms with Crippen LogP contribution in [0.1, 0.15) is 37.0 Å². The fraction of sp³-hybridized carbons (Fsp3) is 0.643. The van der Waals surface area contributed by atoms with Crippen LogP contribution in [0.15, 0.2) is 6.20 Å². The van der Waals surface area contributed by atoms with Gasteiger partial charge in [0, 0.05) is 37.8 Å². The number of carbonyl (C=O) groups is 1. The highest BCUT2D eigenvalue weighted by molar-refractivity contribution is 5.93. The lowest BCUT2D eigenvalue weighted by Gasteiger charge is -2.34. The van der Waals surface area contributed by atoms with Gasteiger partial charge in [-0.15, -0.1) is 0 Å². The van der Waals surface area contributed by atoms with E-state index in [0.29, 0.717) is 11.6 Å². The second-order valence-electron chi connectivity index (χ2n) is 6.28. The van der Waals surface area contributed by atoms with Crippen LogP contribution >= 0.6 is 0 Å². The van der Waals surface area contributed by atoms with Crippen molar-refractivity contribution in [3.05, 3.63) is 17.6 Å². The minimum absolute atomic E-state index is 0.183. The Hall–Kier alpha value is -1.69. The number of carboxylic acid groups (broad SMARTS) is 1. The van der Waals surface area contributed by atoms with E-state index in [1.165, 1.54) is 6.20 Å². The molecule has 1 saturated heterocycles. The molecule has 2 heterocycles. The van der Waals surface area contributed by atoms with Gasteiger partial charge in [0.05, 0.1) is 0 Å². The van der Waals surface area contributed by atoms with Crippen LogP contribution in [0.5, 0.6) is 0 Å². The van der Waals surface area contributed by atoms with Gasteiger partial charge in [0.15, 0.2) is 0 Å². The van der Waals surface area contributed by atoms with Gasteiger partial charge in [-0.1, -0.05) is 20.8 Å². The quantitative estimate of drug-likeness (QED) is 0.877. The Morgan fingerprint density at radius 2 is 1.85 bits per heavy atom. The summed E-state index contributed by atoms with van der Waals surface area (Å²) in [5.41, 5.74) is -0.0132. The number of anilines is 1. The predicted octanol–water partition coefficient (Wildman–Crippen LogP) is 1.22. The number of aromatic nitrogens is 2. The molecular formula is C14H22N4O2. The molecule has 2 rings (SSSR count). The third-order valence-electron chi connectivity index (χ3n) is 3.47. The van der Waals surface area contributed by atoms with E-state index in [0.717, 1.165) is 26.2 Å². The molecule has 0 saturated carbocycles. The van der Waals surface area contributed by atoms with E-state index in [2.05, 4.69) is 21.9 Å². The summed E-state index contributed by atoms with van der Waals surface area (Å²) in [6.45, 7) is 9.47. The SMILES string of the molecule is CN1CCN(c2nc(C(C)(C)C)ncc2C(=O)O)CC1. The Labute approximate surface area is 119 Å². The zero-order valence-electron chi connectivity index (χ0n) is 12.6. The lowest BCUT2D eigenvalue weighted by molar-refractivity contribution is 0.0696. The van der Waals surface area contributed by atoms with Crippen molar-refractivity contribution >= 4 is 11.8 Å². The molecule has 1 aliphatic rings. The zero-order chi connectivity index (χ0) is 14.9. The van der Waals surface area contributed by atoms with Crippen LogP contribution in [-0.4, -0.2) is 59.2 Å². The van der Waals surface area contributed by atoms with Gasteiger partial charge in [0.25, 0.3) is 0 Å². The number of hydrogen-bond donors (Lipinski definition) is 1. The summed E-state index contributed by atoms with van der Waals surface area (Å²) < 4.78 is 0. The van der Waals surface area contributed by atoms with Crippen molar-refractivity contribution in [2.45, 2.75) is 26.2 Å². The molecule has 1 fully saturated rings. The standard InChI is InChI=1S/C14H22N4O2/c1-14(2,3)13-15-9-10(12(19)20)11(16-13)18-7-5-17(4)6-8-18/h9H,5-8H2,1-4H3,(H,19,20). The molecule has 1 N–H and O–H groups in total. The van der Waals surface area contributed by atoms with Gasteiger partial charge in [0.2, 0.25) is 0 Å². The number of nitrogens with zero attached hydrogens (tertiary/aromatic N) is 4. The predicted molar refractivity (Wildman–Crippen MR) is 77.4 cm³/mol. The molecule has 110 valence electrons. The number of carboxylic acids is 1. The molecule has 0 amide bonds. The first-order valence-electron chi connectivity index (χ1n) is 6.83. The summed E-state index contributed by atoms with van der Waals surface area (Å²) in [4.78, 5) is 24.4. The van der Waals surface area contributed by atoms with Gasteiger partial charge in [0.1, 0.15) is 17.2 Å². The molecular weight excluding hydrogens is 256 g/mol. The van der Waals surface area contributed by atoms with Crippen LogP contribution in [-0.2, 0) is 5.41 Å². The van der Waals surface area contributed by atoms with Crippen molar-refractivity contribution in [1.29, 1.82) is 0 Å². The van der Waals surface area contributed by atoms with Crippen LogP contribution in [0.25, 0.3) is 0 Å². The Morgan fingerprint density at radius 3 is 2.35 bits per heavy atom. The van der Waals surface area contributed by atoms with E-state index in [1.54, 1.807) is 0 Å². The van der Waals surface area contributed by atoms with Gasteiger partial charge >= 0.3 is 5.97 Å². The first-order chi connectivity index (χ1) is 9.29. The molecule has 20 heavy (non-hydrogen) atoms. The minimum atomic E-state index is -0.973. The Kier molecular flexibility index (Phi) is 3.94. The molecule has 0 radical (unpaired) electrons. The molecule has 0 atom stereocenters. The topological polar surface area (TPSA) is 69.6 Å². The fourth-order valence-electron chi connectivity index (χ4n) is 2.14. The van der Waals surface area contributed by atoms with E-state index < -0.39 is 5.97 Å². The number of piperazine rings is 1. The summed E-state index contributed by atoms with van der Waals surface area (Å²) in [7, 11) is 2.07. The summed E-state index contributed by atoms with van der Waals surface area (Å²) in [6.07, 6.45) is 1.43. The van der Waals surface area contributed by atoms with Crippen molar-refractivity contribution in [2.75, 3.05) is 38.1 Å². The Bertz CT molecular complexity index is 502. The maximum absolute atomic E-state index is 11.4. The largest absolute Gasteiger partial charge is 0.477 e. The molecule has 0 aliphatic carbocycles. The van der Waals surface area contributed by atoms with Crippen LogP contribution in [0.2, 0.25) is 0 Å². The van der Waals surface area contributed by atoms with Crippen molar-refractivity contribution < 1.29 is 9.90 Å². The van der Waals surface area contributed by atoms with Gasteiger partial charge in [-0.25, -0.2) is 14.8 Å². The molecule has 6 heteroatoms. The van der Waals surface area contributed by atoms with E-state index in [9.17, 15) is 9.90 Å². The van der Waals surface area contributed by atoms with Gasteiger partial charge in [-0.2, -0.15) is 0 Å². The first kappa shape index (κ1) is 14.7. The molecule has 6 nitrogen and oxygen atoms in total. The summed E-state index contributed by atoms with van der Waals surface area (Å²) >= 11 is 0. The Morgan fingerprint density at radius 1 is 1.25 bits per heavy atom. The first-order valence-corrected chi connectivity index (χ1v) is 6.83. The van der Waals surface area contributed by atoms with Crippen LogP contribution in [0, 0.1) is 0 Å². The molecule has 0 bridgehead atoms. The maximum atomic E-state index is 11.4. The molecule has 1 aromatic rings. The molecule has 1 aromatic heterocycles. The van der Waals surface area contributed by atoms with Crippen molar-refractivity contribution in [3.8, 4) is 0 Å². The van der Waals surface area contributed by atoms with E-state index in [1.807, 2.05) is 25.7 Å². The summed E-state index contributed by atoms with van der Waals surface area (Å²) in [5.74, 6) is 0.251. The monoisotopic (exact) mass is 278 g/mol.